The summed E-state index contributed by atoms with van der Waals surface area (Å²) < 4.78 is 38.3. The van der Waals surface area contributed by atoms with Gasteiger partial charge < -0.3 is 5.32 Å². The highest BCUT2D eigenvalue weighted by atomic mass is 35.5. The summed E-state index contributed by atoms with van der Waals surface area (Å²) in [5, 5.41) is 4.04. The second kappa shape index (κ2) is 6.20. The van der Waals surface area contributed by atoms with Gasteiger partial charge in [0.05, 0.1) is 26.7 Å². The van der Waals surface area contributed by atoms with Gasteiger partial charge in [-0.15, -0.1) is 0 Å². The largest absolute Gasteiger partial charge is 0.391 e. The highest BCUT2D eigenvalue weighted by Gasteiger charge is 2.42. The van der Waals surface area contributed by atoms with Crippen LogP contribution < -0.4 is 5.32 Å². The molecule has 2 unspecified atom stereocenters. The molecule has 112 valence electrons. The zero-order valence-electron chi connectivity index (χ0n) is 10.4. The third kappa shape index (κ3) is 3.86. The number of benzene rings is 1. The molecule has 1 aliphatic rings. The first kappa shape index (κ1) is 16.1. The van der Waals surface area contributed by atoms with Gasteiger partial charge in [0, 0.05) is 6.04 Å². The first-order valence-corrected chi connectivity index (χ1v) is 7.38. The molecule has 1 saturated carbocycles. The van der Waals surface area contributed by atoms with Gasteiger partial charge in [0.1, 0.15) is 0 Å². The van der Waals surface area contributed by atoms with Crippen molar-refractivity contribution in [2.75, 3.05) is 5.32 Å². The summed E-state index contributed by atoms with van der Waals surface area (Å²) in [5.41, 5.74) is 0.522. The molecule has 0 bridgehead atoms. The van der Waals surface area contributed by atoms with E-state index in [1.807, 2.05) is 0 Å². The minimum Gasteiger partial charge on any atom is -0.381 e. The molecule has 0 radical (unpaired) electrons. The van der Waals surface area contributed by atoms with Gasteiger partial charge in [-0.25, -0.2) is 0 Å². The fourth-order valence-corrected chi connectivity index (χ4v) is 3.07. The fraction of sp³-hybridized carbons (Fsp3) is 0.538. The third-order valence-electron chi connectivity index (χ3n) is 3.51. The maximum atomic E-state index is 12.8. The van der Waals surface area contributed by atoms with Gasteiger partial charge >= 0.3 is 6.18 Å². The van der Waals surface area contributed by atoms with Gasteiger partial charge in [-0.2, -0.15) is 13.2 Å². The molecule has 0 amide bonds. The van der Waals surface area contributed by atoms with Crippen LogP contribution in [0.3, 0.4) is 0 Å². The van der Waals surface area contributed by atoms with Crippen molar-refractivity contribution in [1.82, 2.24) is 0 Å². The Kier molecular flexibility index (Phi) is 4.98. The van der Waals surface area contributed by atoms with Crippen molar-refractivity contribution in [3.63, 3.8) is 0 Å². The van der Waals surface area contributed by atoms with Gasteiger partial charge in [-0.1, -0.05) is 41.2 Å². The second-order valence-corrected chi connectivity index (χ2v) is 6.21. The van der Waals surface area contributed by atoms with Crippen LogP contribution >= 0.6 is 34.8 Å². The maximum Gasteiger partial charge on any atom is 0.391 e. The molecule has 1 aromatic carbocycles. The molecule has 1 fully saturated rings. The van der Waals surface area contributed by atoms with Crippen LogP contribution in [0.2, 0.25) is 15.1 Å². The Hall–Kier alpha value is -0.320. The predicted octanol–water partition coefficient (Wildman–Crippen LogP) is 6.18. The van der Waals surface area contributed by atoms with Crippen molar-refractivity contribution in [1.29, 1.82) is 0 Å². The molecule has 1 nitrogen and oxygen atoms in total. The molecule has 0 spiro atoms. The van der Waals surface area contributed by atoms with Crippen molar-refractivity contribution >= 4 is 40.5 Å². The Labute approximate surface area is 130 Å². The van der Waals surface area contributed by atoms with Crippen LogP contribution in [0, 0.1) is 5.92 Å². The highest BCUT2D eigenvalue weighted by molar-refractivity contribution is 6.44. The molecule has 1 N–H and O–H groups in total. The zero-order chi connectivity index (χ0) is 14.9. The third-order valence-corrected chi connectivity index (χ3v) is 4.54. The SMILES string of the molecule is FC(F)(F)C1CCCC(Nc2cc(Cl)c(Cl)cc2Cl)C1. The standard InChI is InChI=1S/C13H13Cl3F3N/c14-9-5-11(16)12(6-10(9)15)20-8-3-1-2-7(4-8)13(17,18)19/h5-8,20H,1-4H2. The molecule has 2 atom stereocenters. The van der Waals surface area contributed by atoms with Gasteiger partial charge in [0.25, 0.3) is 0 Å². The Bertz CT molecular complexity index is 490. The zero-order valence-corrected chi connectivity index (χ0v) is 12.7. The van der Waals surface area contributed by atoms with E-state index in [1.54, 1.807) is 6.07 Å². The summed E-state index contributed by atoms with van der Waals surface area (Å²) in [4.78, 5) is 0. The van der Waals surface area contributed by atoms with Crippen molar-refractivity contribution < 1.29 is 13.2 Å². The molecule has 0 saturated heterocycles. The molecule has 0 aromatic heterocycles. The van der Waals surface area contributed by atoms with Crippen molar-refractivity contribution in [2.45, 2.75) is 37.9 Å². The van der Waals surface area contributed by atoms with Crippen LogP contribution in [-0.2, 0) is 0 Å². The van der Waals surface area contributed by atoms with Crippen LogP contribution in [0.4, 0.5) is 18.9 Å². The normalized spacial score (nSPS) is 23.7. The molecule has 20 heavy (non-hydrogen) atoms. The molecule has 7 heteroatoms. The smallest absolute Gasteiger partial charge is 0.381 e. The Balaban J connectivity index is 2.08. The fourth-order valence-electron chi connectivity index (χ4n) is 2.47. The van der Waals surface area contributed by atoms with Crippen LogP contribution in [0.15, 0.2) is 12.1 Å². The Morgan fingerprint density at radius 3 is 2.30 bits per heavy atom. The van der Waals surface area contributed by atoms with E-state index >= 15 is 0 Å². The van der Waals surface area contributed by atoms with E-state index in [1.165, 1.54) is 6.07 Å². The van der Waals surface area contributed by atoms with Gasteiger partial charge in [0.2, 0.25) is 0 Å². The molecular weight excluding hydrogens is 334 g/mol. The number of rotatable bonds is 2. The highest BCUT2D eigenvalue weighted by Crippen LogP contribution is 2.39. The lowest BCUT2D eigenvalue weighted by atomic mass is 9.85. The molecule has 1 aromatic rings. The van der Waals surface area contributed by atoms with Crippen molar-refractivity contribution in [3.8, 4) is 0 Å². The number of anilines is 1. The molecule has 0 aliphatic heterocycles. The Morgan fingerprint density at radius 2 is 1.65 bits per heavy atom. The van der Waals surface area contributed by atoms with Crippen molar-refractivity contribution in [3.05, 3.63) is 27.2 Å². The Morgan fingerprint density at radius 1 is 1.00 bits per heavy atom. The van der Waals surface area contributed by atoms with E-state index in [0.29, 0.717) is 33.6 Å². The summed E-state index contributed by atoms with van der Waals surface area (Å²) >= 11 is 17.7. The lowest BCUT2D eigenvalue weighted by Gasteiger charge is -2.31. The lowest BCUT2D eigenvalue weighted by molar-refractivity contribution is -0.182. The number of hydrogen-bond acceptors (Lipinski definition) is 1. The van der Waals surface area contributed by atoms with E-state index in [4.69, 9.17) is 34.8 Å². The molecular formula is C13H13Cl3F3N. The monoisotopic (exact) mass is 345 g/mol. The average molecular weight is 347 g/mol. The predicted molar refractivity (Wildman–Crippen MR) is 76.9 cm³/mol. The summed E-state index contributed by atoms with van der Waals surface area (Å²) in [6, 6.07) is 2.77. The quantitative estimate of drug-likeness (QED) is 0.630. The summed E-state index contributed by atoms with van der Waals surface area (Å²) in [6.07, 6.45) is -2.66. The minimum absolute atomic E-state index is 0.0556. The second-order valence-electron chi connectivity index (χ2n) is 4.99. The van der Waals surface area contributed by atoms with Crippen LogP contribution in [0.25, 0.3) is 0 Å². The van der Waals surface area contributed by atoms with E-state index in [9.17, 15) is 13.2 Å². The van der Waals surface area contributed by atoms with Gasteiger partial charge in [-0.05, 0) is 31.4 Å². The number of nitrogens with one attached hydrogen (secondary N) is 1. The van der Waals surface area contributed by atoms with Crippen LogP contribution in [0.5, 0.6) is 0 Å². The van der Waals surface area contributed by atoms with Crippen molar-refractivity contribution in [2.24, 2.45) is 5.92 Å². The molecule has 2 rings (SSSR count). The maximum absolute atomic E-state index is 12.8. The van der Waals surface area contributed by atoms with Gasteiger partial charge in [0.15, 0.2) is 0 Å². The lowest BCUT2D eigenvalue weighted by Crippen LogP contribution is -2.34. The first-order valence-electron chi connectivity index (χ1n) is 6.25. The van der Waals surface area contributed by atoms with Crippen LogP contribution in [-0.4, -0.2) is 12.2 Å². The minimum atomic E-state index is -4.14. The topological polar surface area (TPSA) is 12.0 Å². The first-order chi connectivity index (χ1) is 9.27. The number of halogens is 6. The number of hydrogen-bond donors (Lipinski definition) is 1. The number of alkyl halides is 3. The molecule has 1 aliphatic carbocycles. The van der Waals surface area contributed by atoms with Crippen LogP contribution in [0.1, 0.15) is 25.7 Å². The molecule has 0 heterocycles. The average Bonchev–Trinajstić information content (AvgIpc) is 2.35. The van der Waals surface area contributed by atoms with E-state index in [0.717, 1.165) is 0 Å². The summed E-state index contributed by atoms with van der Waals surface area (Å²) in [7, 11) is 0. The summed E-state index contributed by atoms with van der Waals surface area (Å²) in [5.74, 6) is -1.25. The van der Waals surface area contributed by atoms with E-state index < -0.39 is 12.1 Å². The van der Waals surface area contributed by atoms with E-state index in [-0.39, 0.29) is 18.9 Å². The summed E-state index contributed by atoms with van der Waals surface area (Å²) in [6.45, 7) is 0. The van der Waals surface area contributed by atoms with Gasteiger partial charge in [-0.3, -0.25) is 0 Å². The van der Waals surface area contributed by atoms with E-state index in [2.05, 4.69) is 5.32 Å².